The van der Waals surface area contributed by atoms with Gasteiger partial charge in [0.15, 0.2) is 0 Å². The number of nitriles is 1. The summed E-state index contributed by atoms with van der Waals surface area (Å²) in [7, 11) is -3.49. The lowest BCUT2D eigenvalue weighted by Gasteiger charge is -2.09. The topological polar surface area (TPSA) is 82.0 Å². The van der Waals surface area contributed by atoms with Crippen molar-refractivity contribution in [1.29, 1.82) is 5.26 Å². The highest BCUT2D eigenvalue weighted by atomic mass is 32.2. The fourth-order valence-electron chi connectivity index (χ4n) is 0.666. The molecule has 0 aromatic heterocycles. The highest BCUT2D eigenvalue weighted by Crippen LogP contribution is 1.90. The van der Waals surface area contributed by atoms with E-state index in [9.17, 15) is 8.42 Å². The van der Waals surface area contributed by atoms with E-state index >= 15 is 0 Å². The van der Waals surface area contributed by atoms with Crippen LogP contribution in [-0.4, -0.2) is 21.0 Å². The van der Waals surface area contributed by atoms with Crippen molar-refractivity contribution >= 4 is 10.2 Å². The van der Waals surface area contributed by atoms with E-state index in [0.29, 0.717) is 13.0 Å². The molecule has 0 bridgehead atoms. The van der Waals surface area contributed by atoms with Gasteiger partial charge in [0.05, 0.1) is 6.07 Å². The van der Waals surface area contributed by atoms with Gasteiger partial charge in [0, 0.05) is 6.54 Å². The van der Waals surface area contributed by atoms with Gasteiger partial charge in [-0.2, -0.15) is 18.4 Å². The van der Waals surface area contributed by atoms with Crippen molar-refractivity contribution in [3.63, 3.8) is 0 Å². The summed E-state index contributed by atoms with van der Waals surface area (Å²) in [4.78, 5) is 0. The van der Waals surface area contributed by atoms with E-state index in [2.05, 4.69) is 9.44 Å². The lowest BCUT2D eigenvalue weighted by atomic mass is 10.3. The number of nitrogens with one attached hydrogen (secondary N) is 2. The summed E-state index contributed by atoms with van der Waals surface area (Å²) in [5.74, 6) is 0. The molecule has 5 nitrogen and oxygen atoms in total. The number of hydrogen-bond donors (Lipinski definition) is 2. The summed E-state index contributed by atoms with van der Waals surface area (Å²) in [5.41, 5.74) is 0. The van der Waals surface area contributed by atoms with Gasteiger partial charge in [-0.05, 0) is 12.8 Å². The van der Waals surface area contributed by atoms with Crippen molar-refractivity contribution in [2.24, 2.45) is 0 Å². The highest BCUT2D eigenvalue weighted by molar-refractivity contribution is 7.87. The molecule has 0 saturated carbocycles. The first kappa shape index (κ1) is 12.4. The van der Waals surface area contributed by atoms with Gasteiger partial charge < -0.3 is 0 Å². The van der Waals surface area contributed by atoms with Crippen LogP contribution in [0.2, 0.25) is 0 Å². The van der Waals surface area contributed by atoms with Crippen molar-refractivity contribution in [2.75, 3.05) is 6.54 Å². The third kappa shape index (κ3) is 5.58. The Hall–Kier alpha value is -0.640. The lowest BCUT2D eigenvalue weighted by Crippen LogP contribution is -2.42. The van der Waals surface area contributed by atoms with Crippen LogP contribution in [0.1, 0.15) is 26.7 Å². The maximum absolute atomic E-state index is 11.1. The van der Waals surface area contributed by atoms with Crippen LogP contribution in [0.25, 0.3) is 0 Å². The Morgan fingerprint density at radius 1 is 1.46 bits per heavy atom. The van der Waals surface area contributed by atoms with E-state index in [0.717, 1.165) is 6.42 Å². The zero-order valence-corrected chi connectivity index (χ0v) is 8.69. The second kappa shape index (κ2) is 5.91. The molecule has 0 aliphatic rings. The fraction of sp³-hybridized carbons (Fsp3) is 0.857. The second-order valence-corrected chi connectivity index (χ2v) is 4.14. The van der Waals surface area contributed by atoms with E-state index in [1.54, 1.807) is 6.92 Å². The SMILES string of the molecule is CCCNS(=O)(=O)NC(C#N)CC. The maximum atomic E-state index is 11.1. The average molecular weight is 205 g/mol. The van der Waals surface area contributed by atoms with Gasteiger partial charge in [0.1, 0.15) is 6.04 Å². The first-order valence-electron chi connectivity index (χ1n) is 4.22. The summed E-state index contributed by atoms with van der Waals surface area (Å²) >= 11 is 0. The Morgan fingerprint density at radius 2 is 2.08 bits per heavy atom. The molecule has 0 saturated heterocycles. The predicted octanol–water partition coefficient (Wildman–Crippen LogP) is 0.123. The van der Waals surface area contributed by atoms with Crippen LogP contribution in [0, 0.1) is 11.3 Å². The van der Waals surface area contributed by atoms with Crippen LogP contribution in [0.4, 0.5) is 0 Å². The van der Waals surface area contributed by atoms with Crippen LogP contribution >= 0.6 is 0 Å². The molecular formula is C7H15N3O2S. The first-order chi connectivity index (χ1) is 6.05. The van der Waals surface area contributed by atoms with E-state index in [1.165, 1.54) is 0 Å². The maximum Gasteiger partial charge on any atom is 0.278 e. The van der Waals surface area contributed by atoms with E-state index in [1.807, 2.05) is 13.0 Å². The van der Waals surface area contributed by atoms with Gasteiger partial charge in [-0.3, -0.25) is 0 Å². The first-order valence-corrected chi connectivity index (χ1v) is 5.70. The zero-order valence-electron chi connectivity index (χ0n) is 7.87. The summed E-state index contributed by atoms with van der Waals surface area (Å²) in [6, 6.07) is 1.21. The van der Waals surface area contributed by atoms with Crippen LogP contribution < -0.4 is 9.44 Å². The molecule has 1 unspecified atom stereocenters. The molecule has 0 aromatic carbocycles. The van der Waals surface area contributed by atoms with Gasteiger partial charge in [-0.25, -0.2) is 4.72 Å². The Bertz CT molecular complexity index is 268. The Balaban J connectivity index is 4.10. The molecule has 0 fully saturated rings. The van der Waals surface area contributed by atoms with Crippen LogP contribution in [0.5, 0.6) is 0 Å². The number of hydrogen-bond acceptors (Lipinski definition) is 3. The molecule has 0 rings (SSSR count). The monoisotopic (exact) mass is 205 g/mol. The lowest BCUT2D eigenvalue weighted by molar-refractivity contribution is 0.554. The van der Waals surface area contributed by atoms with E-state index in [-0.39, 0.29) is 0 Å². The summed E-state index contributed by atoms with van der Waals surface area (Å²) in [5, 5.41) is 8.51. The fourth-order valence-corrected chi connectivity index (χ4v) is 1.82. The molecule has 1 atom stereocenters. The third-order valence-corrected chi connectivity index (χ3v) is 2.58. The minimum absolute atomic E-state index is 0.386. The Labute approximate surface area is 79.3 Å². The molecule has 0 heterocycles. The molecule has 13 heavy (non-hydrogen) atoms. The van der Waals surface area contributed by atoms with Crippen LogP contribution in [-0.2, 0) is 10.2 Å². The van der Waals surface area contributed by atoms with Gasteiger partial charge in [0.2, 0.25) is 0 Å². The molecule has 76 valence electrons. The quantitative estimate of drug-likeness (QED) is 0.646. The van der Waals surface area contributed by atoms with Crippen LogP contribution in [0.3, 0.4) is 0 Å². The standard InChI is InChI=1S/C7H15N3O2S/c1-3-5-9-13(11,12)10-7(4-2)6-8/h7,9-10H,3-5H2,1-2H3. The van der Waals surface area contributed by atoms with Crippen molar-refractivity contribution < 1.29 is 8.42 Å². The molecule has 0 amide bonds. The summed E-state index contributed by atoms with van der Waals surface area (Å²) < 4.78 is 26.8. The van der Waals surface area contributed by atoms with Gasteiger partial charge in [-0.15, -0.1) is 0 Å². The normalized spacial score (nSPS) is 13.6. The zero-order chi connectivity index (χ0) is 10.3. The predicted molar refractivity (Wildman–Crippen MR) is 50.0 cm³/mol. The summed E-state index contributed by atoms with van der Waals surface area (Å²) in [6.45, 7) is 4.00. The van der Waals surface area contributed by atoms with Crippen molar-refractivity contribution in [1.82, 2.24) is 9.44 Å². The Morgan fingerprint density at radius 3 is 2.46 bits per heavy atom. The molecule has 0 aliphatic heterocycles. The molecule has 0 radical (unpaired) electrons. The summed E-state index contributed by atoms with van der Waals surface area (Å²) in [6.07, 6.45) is 1.19. The highest BCUT2D eigenvalue weighted by Gasteiger charge is 2.14. The average Bonchev–Trinajstić information content (AvgIpc) is 2.11. The van der Waals surface area contributed by atoms with Gasteiger partial charge >= 0.3 is 0 Å². The smallest absolute Gasteiger partial charge is 0.202 e. The van der Waals surface area contributed by atoms with Gasteiger partial charge in [0.25, 0.3) is 10.2 Å². The van der Waals surface area contributed by atoms with Gasteiger partial charge in [-0.1, -0.05) is 13.8 Å². The second-order valence-electron chi connectivity index (χ2n) is 2.61. The molecule has 2 N–H and O–H groups in total. The molecule has 0 aliphatic carbocycles. The number of nitrogens with zero attached hydrogens (tertiary/aromatic N) is 1. The minimum atomic E-state index is -3.49. The third-order valence-electron chi connectivity index (χ3n) is 1.40. The molecule has 6 heteroatoms. The van der Waals surface area contributed by atoms with Crippen molar-refractivity contribution in [3.05, 3.63) is 0 Å². The van der Waals surface area contributed by atoms with E-state index in [4.69, 9.17) is 5.26 Å². The van der Waals surface area contributed by atoms with Crippen molar-refractivity contribution in [3.8, 4) is 6.07 Å². The molecule has 0 spiro atoms. The minimum Gasteiger partial charge on any atom is -0.202 e. The van der Waals surface area contributed by atoms with E-state index < -0.39 is 16.3 Å². The van der Waals surface area contributed by atoms with Crippen LogP contribution in [0.15, 0.2) is 0 Å². The Kier molecular flexibility index (Phi) is 5.62. The molecular weight excluding hydrogens is 190 g/mol. The molecule has 0 aromatic rings. The van der Waals surface area contributed by atoms with Crippen molar-refractivity contribution in [2.45, 2.75) is 32.7 Å². The number of rotatable bonds is 6. The largest absolute Gasteiger partial charge is 0.278 e.